The molecule has 0 aliphatic carbocycles. The average Bonchev–Trinajstić information content (AvgIpc) is 2.64. The number of rotatable bonds is 3. The van der Waals surface area contributed by atoms with Crippen LogP contribution in [0.3, 0.4) is 0 Å². The van der Waals surface area contributed by atoms with Gasteiger partial charge in [0.05, 0.1) is 16.9 Å². The highest BCUT2D eigenvalue weighted by molar-refractivity contribution is 7.99. The van der Waals surface area contributed by atoms with E-state index >= 15 is 0 Å². The molecule has 1 saturated heterocycles. The summed E-state index contributed by atoms with van der Waals surface area (Å²) in [7, 11) is 1.70. The summed E-state index contributed by atoms with van der Waals surface area (Å²) in [4.78, 5) is 22.3. The fraction of sp³-hybridized carbons (Fsp3) is 0.600. The zero-order valence-corrected chi connectivity index (χ0v) is 11.0. The van der Waals surface area contributed by atoms with Gasteiger partial charge in [-0.15, -0.1) is 16.9 Å². The van der Waals surface area contributed by atoms with Gasteiger partial charge in [0.15, 0.2) is 0 Å². The smallest absolute Gasteiger partial charge is 0.321 e. The average molecular weight is 286 g/mol. The quantitative estimate of drug-likeness (QED) is 0.671. The maximum Gasteiger partial charge on any atom is 0.321 e. The maximum absolute atomic E-state index is 11.3. The van der Waals surface area contributed by atoms with Crippen LogP contribution in [0, 0.1) is 5.92 Å². The summed E-state index contributed by atoms with van der Waals surface area (Å²) < 4.78 is 1.50. The Morgan fingerprint density at radius 2 is 2.21 bits per heavy atom. The molecule has 1 aliphatic rings. The first-order chi connectivity index (χ1) is 8.99. The lowest BCUT2D eigenvalue weighted by Crippen LogP contribution is -2.40. The van der Waals surface area contributed by atoms with Crippen molar-refractivity contribution in [3.05, 3.63) is 11.9 Å². The molecular formula is C10H14N4O4S. The molecule has 1 aromatic heterocycles. The normalized spacial score (nSPS) is 27.7. The molecule has 0 bridgehead atoms. The number of aryl methyl sites for hydroxylation is 1. The first kappa shape index (κ1) is 13.8. The minimum absolute atomic E-state index is 0.0978. The van der Waals surface area contributed by atoms with Gasteiger partial charge in [-0.2, -0.15) is 0 Å². The van der Waals surface area contributed by atoms with Gasteiger partial charge in [0.25, 0.3) is 0 Å². The highest BCUT2D eigenvalue weighted by atomic mass is 32.2. The summed E-state index contributed by atoms with van der Waals surface area (Å²) >= 11 is 1.28. The predicted octanol–water partition coefficient (Wildman–Crippen LogP) is -0.653. The lowest BCUT2D eigenvalue weighted by Gasteiger charge is -2.17. The molecule has 1 aliphatic heterocycles. The van der Waals surface area contributed by atoms with Crippen LogP contribution >= 0.6 is 11.8 Å². The fourth-order valence-corrected chi connectivity index (χ4v) is 3.30. The molecule has 3 N–H and O–H groups in total. The van der Waals surface area contributed by atoms with E-state index in [0.717, 1.165) is 0 Å². The van der Waals surface area contributed by atoms with Crippen LogP contribution in [0.25, 0.3) is 0 Å². The summed E-state index contributed by atoms with van der Waals surface area (Å²) in [5.41, 5.74) is 0.563. The van der Waals surface area contributed by atoms with E-state index in [1.54, 1.807) is 13.2 Å². The van der Waals surface area contributed by atoms with Crippen molar-refractivity contribution in [1.82, 2.24) is 20.3 Å². The second kappa shape index (κ2) is 5.57. The number of thioether (sulfide) groups is 1. The van der Waals surface area contributed by atoms with Crippen molar-refractivity contribution in [1.29, 1.82) is 0 Å². The third-order valence-corrected chi connectivity index (χ3v) is 4.37. The Kier molecular flexibility index (Phi) is 4.05. The minimum Gasteiger partial charge on any atom is -0.481 e. The number of carbonyl (C=O) groups is 2. The second-order valence-corrected chi connectivity index (χ2v) is 5.49. The standard InChI is InChI=1S/C10H14N4O4S/c1-14-3-6(12-13-14)8-5(9(15)16)2-11-7(4-19-8)10(17)18/h3,5,7-8,11H,2,4H2,1H3,(H,15,16)(H,17,18)/t5?,7?,8-/m0/s1. The van der Waals surface area contributed by atoms with Gasteiger partial charge in [0, 0.05) is 25.5 Å². The van der Waals surface area contributed by atoms with Crippen LogP contribution in [0.2, 0.25) is 0 Å². The van der Waals surface area contributed by atoms with Gasteiger partial charge < -0.3 is 15.5 Å². The summed E-state index contributed by atoms with van der Waals surface area (Å²) in [5, 5.41) is 28.4. The van der Waals surface area contributed by atoms with Crippen LogP contribution in [0.4, 0.5) is 0 Å². The topological polar surface area (TPSA) is 117 Å². The molecule has 0 amide bonds. The maximum atomic E-state index is 11.3. The Morgan fingerprint density at radius 3 is 2.74 bits per heavy atom. The van der Waals surface area contributed by atoms with E-state index in [-0.39, 0.29) is 6.54 Å². The lowest BCUT2D eigenvalue weighted by molar-refractivity contribution is -0.143. The highest BCUT2D eigenvalue weighted by Gasteiger charge is 2.36. The molecule has 2 rings (SSSR count). The molecule has 19 heavy (non-hydrogen) atoms. The first-order valence-electron chi connectivity index (χ1n) is 5.66. The van der Waals surface area contributed by atoms with Gasteiger partial charge in [-0.1, -0.05) is 5.21 Å². The van der Waals surface area contributed by atoms with Crippen LogP contribution in [0.15, 0.2) is 6.20 Å². The molecule has 9 heteroatoms. The third-order valence-electron chi connectivity index (χ3n) is 2.92. The monoisotopic (exact) mass is 286 g/mol. The van der Waals surface area contributed by atoms with E-state index in [9.17, 15) is 14.7 Å². The molecule has 2 heterocycles. The van der Waals surface area contributed by atoms with Gasteiger partial charge in [0.2, 0.25) is 0 Å². The summed E-state index contributed by atoms with van der Waals surface area (Å²) in [6.45, 7) is 0.0978. The molecule has 104 valence electrons. The summed E-state index contributed by atoms with van der Waals surface area (Å²) in [5.74, 6) is -2.38. The van der Waals surface area contributed by atoms with E-state index in [1.165, 1.54) is 16.4 Å². The number of aliphatic carboxylic acids is 2. The Morgan fingerprint density at radius 1 is 1.47 bits per heavy atom. The predicted molar refractivity (Wildman–Crippen MR) is 66.8 cm³/mol. The second-order valence-electron chi connectivity index (χ2n) is 4.31. The Bertz CT molecular complexity index is 492. The highest BCUT2D eigenvalue weighted by Crippen LogP contribution is 2.37. The lowest BCUT2D eigenvalue weighted by atomic mass is 10.0. The van der Waals surface area contributed by atoms with Crippen molar-refractivity contribution in [2.24, 2.45) is 13.0 Å². The van der Waals surface area contributed by atoms with Crippen molar-refractivity contribution in [3.63, 3.8) is 0 Å². The Labute approximate surface area is 113 Å². The molecule has 3 atom stereocenters. The van der Waals surface area contributed by atoms with Crippen LogP contribution in [0.1, 0.15) is 10.9 Å². The molecule has 0 radical (unpaired) electrons. The van der Waals surface area contributed by atoms with Gasteiger partial charge in [-0.3, -0.25) is 14.3 Å². The summed E-state index contributed by atoms with van der Waals surface area (Å²) in [6, 6.07) is -0.742. The van der Waals surface area contributed by atoms with Crippen molar-refractivity contribution >= 4 is 23.7 Å². The Balaban J connectivity index is 2.23. The van der Waals surface area contributed by atoms with Crippen molar-refractivity contribution in [3.8, 4) is 0 Å². The molecule has 2 unspecified atom stereocenters. The number of hydrogen-bond acceptors (Lipinski definition) is 6. The minimum atomic E-state index is -0.976. The molecular weight excluding hydrogens is 272 g/mol. The van der Waals surface area contributed by atoms with E-state index in [0.29, 0.717) is 11.4 Å². The molecule has 8 nitrogen and oxygen atoms in total. The van der Waals surface area contributed by atoms with Crippen molar-refractivity contribution in [2.45, 2.75) is 11.3 Å². The third kappa shape index (κ3) is 3.04. The summed E-state index contributed by atoms with van der Waals surface area (Å²) in [6.07, 6.45) is 1.66. The number of hydrogen-bond donors (Lipinski definition) is 3. The largest absolute Gasteiger partial charge is 0.481 e. The van der Waals surface area contributed by atoms with Gasteiger partial charge in [-0.25, -0.2) is 0 Å². The van der Waals surface area contributed by atoms with Crippen LogP contribution in [0.5, 0.6) is 0 Å². The van der Waals surface area contributed by atoms with E-state index in [4.69, 9.17) is 5.11 Å². The molecule has 0 saturated carbocycles. The van der Waals surface area contributed by atoms with Crippen LogP contribution < -0.4 is 5.32 Å². The van der Waals surface area contributed by atoms with Gasteiger partial charge in [-0.05, 0) is 0 Å². The van der Waals surface area contributed by atoms with Gasteiger partial charge in [0.1, 0.15) is 6.04 Å². The molecule has 1 fully saturated rings. The molecule has 0 aromatic carbocycles. The number of aromatic nitrogens is 3. The first-order valence-corrected chi connectivity index (χ1v) is 6.70. The van der Waals surface area contributed by atoms with Gasteiger partial charge >= 0.3 is 11.9 Å². The van der Waals surface area contributed by atoms with Crippen LogP contribution in [-0.4, -0.2) is 55.5 Å². The van der Waals surface area contributed by atoms with Crippen LogP contribution in [-0.2, 0) is 16.6 Å². The molecule has 1 aromatic rings. The molecule has 0 spiro atoms. The van der Waals surface area contributed by atoms with Crippen molar-refractivity contribution < 1.29 is 19.8 Å². The zero-order valence-electron chi connectivity index (χ0n) is 10.2. The fourth-order valence-electron chi connectivity index (χ4n) is 1.91. The van der Waals surface area contributed by atoms with Crippen molar-refractivity contribution in [2.75, 3.05) is 12.3 Å². The Hall–Kier alpha value is -1.61. The van der Waals surface area contributed by atoms with E-state index < -0.39 is 29.1 Å². The number of carboxylic acid groups (broad SMARTS) is 2. The number of nitrogens with zero attached hydrogens (tertiary/aromatic N) is 3. The zero-order chi connectivity index (χ0) is 14.0. The number of carboxylic acids is 2. The van der Waals surface area contributed by atoms with E-state index in [1.807, 2.05) is 0 Å². The van der Waals surface area contributed by atoms with E-state index in [2.05, 4.69) is 15.6 Å². The SMILES string of the molecule is Cn1cc([C@H]2SCC(C(=O)O)NCC2C(=O)O)nn1. The number of nitrogens with one attached hydrogen (secondary N) is 1.